The van der Waals surface area contributed by atoms with Gasteiger partial charge in [0.2, 0.25) is 0 Å². The minimum absolute atomic E-state index is 0.00173. The summed E-state index contributed by atoms with van der Waals surface area (Å²) in [6.07, 6.45) is 3.30. The van der Waals surface area contributed by atoms with Crippen molar-refractivity contribution >= 4 is 22.1 Å². The summed E-state index contributed by atoms with van der Waals surface area (Å²) in [5.41, 5.74) is 0.192. The Hall–Kier alpha value is -8.30. The minimum Gasteiger partial charge on any atom is -0.508 e. The lowest BCUT2D eigenvalue weighted by Gasteiger charge is -2.39. The van der Waals surface area contributed by atoms with Gasteiger partial charge in [-0.3, -0.25) is 9.59 Å². The summed E-state index contributed by atoms with van der Waals surface area (Å²) in [5, 5.41) is 10.4. The van der Waals surface area contributed by atoms with Crippen molar-refractivity contribution in [3.8, 4) is 34.5 Å². The van der Waals surface area contributed by atoms with Gasteiger partial charge in [-0.2, -0.15) is 0 Å². The van der Waals surface area contributed by atoms with Crippen LogP contribution in [0.15, 0.2) is 94.7 Å². The third kappa shape index (κ3) is 6.60. The molecule has 10 rings (SSSR count). The van der Waals surface area contributed by atoms with Gasteiger partial charge in [-0.25, -0.2) is 57.0 Å². The summed E-state index contributed by atoms with van der Waals surface area (Å²) in [6.45, 7) is -0.689. The molecule has 2 atom stereocenters. The van der Waals surface area contributed by atoms with Crippen molar-refractivity contribution in [1.82, 2.24) is 47.0 Å². The van der Waals surface area contributed by atoms with Gasteiger partial charge in [-0.1, -0.05) is 6.08 Å². The van der Waals surface area contributed by atoms with E-state index < -0.39 is 46.0 Å². The van der Waals surface area contributed by atoms with Gasteiger partial charge in [0.1, 0.15) is 28.9 Å². The van der Waals surface area contributed by atoms with Crippen LogP contribution in [0.5, 0.6) is 34.5 Å². The van der Waals surface area contributed by atoms with Gasteiger partial charge in [-0.15, -0.1) is 0 Å². The van der Waals surface area contributed by atoms with Gasteiger partial charge < -0.3 is 37.9 Å². The third-order valence-electron chi connectivity index (χ3n) is 12.9. The first-order valence-electron chi connectivity index (χ1n) is 21.2. The van der Waals surface area contributed by atoms with E-state index in [-0.39, 0.29) is 62.6 Å². The largest absolute Gasteiger partial charge is 0.508 e. The SMILES string of the molecule is COc1cc2nc(CCn3c(=O)n4n(c3=O)C3Cn5c(=O)n(CCc6nc7cc(OC)c(OC)cc7n(C)c6=O)c(=O)n5C(C5=COc6ccc(O)cc6C5)C3=CC4)c(=O)n(C)c2cc1OC. The molecule has 22 heteroatoms. The van der Waals surface area contributed by atoms with E-state index in [2.05, 4.69) is 9.97 Å². The van der Waals surface area contributed by atoms with E-state index in [1.807, 2.05) is 0 Å². The van der Waals surface area contributed by atoms with Crippen molar-refractivity contribution in [2.45, 2.75) is 57.5 Å². The third-order valence-corrected chi connectivity index (χ3v) is 12.9. The smallest absolute Gasteiger partial charge is 0.348 e. The molecule has 3 aliphatic rings. The van der Waals surface area contributed by atoms with Crippen molar-refractivity contribution in [3.05, 3.63) is 146 Å². The standard InChI is InChI=1S/C45H44N10O12/c1-48-31-19-37(65-5)35(63-3)17-29(31)46-27(40(48)57)10-12-50-42(59)52-14-9-26-33(54(52)44(50)61)21-53-43(60)51(45(62)55(53)39(26)24-15-23-16-25(56)7-8-34(23)67-22-24)13-11-28-41(58)49(2)32-20-38(66-6)36(64-4)18-30(32)47-28/h7-9,16-20,22,33,39,56H,10-15,21H2,1-6H3. The molecule has 0 aliphatic carbocycles. The van der Waals surface area contributed by atoms with Crippen molar-refractivity contribution in [1.29, 1.82) is 0 Å². The number of aromatic hydroxyl groups is 1. The fourth-order valence-electron chi connectivity index (χ4n) is 9.53. The highest BCUT2D eigenvalue weighted by Crippen LogP contribution is 2.42. The number of aryl methyl sites for hydroxylation is 4. The minimum atomic E-state index is -0.982. The van der Waals surface area contributed by atoms with Crippen LogP contribution in [-0.2, 0) is 59.5 Å². The van der Waals surface area contributed by atoms with Crippen molar-refractivity contribution < 1.29 is 28.8 Å². The maximum absolute atomic E-state index is 14.7. The zero-order valence-corrected chi connectivity index (χ0v) is 37.2. The molecule has 3 aliphatic heterocycles. The van der Waals surface area contributed by atoms with Gasteiger partial charge in [0.05, 0.1) is 75.9 Å². The van der Waals surface area contributed by atoms with Crippen LogP contribution in [0.1, 0.15) is 29.0 Å². The molecule has 3 aromatic carbocycles. The van der Waals surface area contributed by atoms with Gasteiger partial charge in [0.25, 0.3) is 11.1 Å². The highest BCUT2D eigenvalue weighted by atomic mass is 16.5. The van der Waals surface area contributed by atoms with Crippen LogP contribution >= 0.6 is 0 Å². The van der Waals surface area contributed by atoms with E-state index >= 15 is 0 Å². The second-order valence-corrected chi connectivity index (χ2v) is 16.4. The fraction of sp³-hybridized carbons (Fsp3) is 0.333. The number of phenols is 1. The van der Waals surface area contributed by atoms with Crippen LogP contribution in [0, 0.1) is 0 Å². The molecule has 7 heterocycles. The summed E-state index contributed by atoms with van der Waals surface area (Å²) in [7, 11) is 9.11. The average Bonchev–Trinajstić information content (AvgIpc) is 3.73. The number of hydrogen-bond donors (Lipinski definition) is 1. The Bertz CT molecular complexity index is 3690. The molecule has 0 spiro atoms. The Labute approximate surface area is 377 Å². The molecule has 67 heavy (non-hydrogen) atoms. The Morgan fingerprint density at radius 1 is 0.672 bits per heavy atom. The molecule has 1 N–H and O–H groups in total. The van der Waals surface area contributed by atoms with Crippen LogP contribution < -0.4 is 57.6 Å². The molecular weight excluding hydrogens is 873 g/mol. The van der Waals surface area contributed by atoms with E-state index in [1.54, 1.807) is 56.6 Å². The molecule has 4 aromatic heterocycles. The molecule has 0 saturated carbocycles. The van der Waals surface area contributed by atoms with Crippen LogP contribution in [0.25, 0.3) is 22.1 Å². The first-order valence-corrected chi connectivity index (χ1v) is 21.2. The number of fused-ring (bicyclic) bond motifs is 7. The van der Waals surface area contributed by atoms with Crippen LogP contribution in [0.3, 0.4) is 0 Å². The van der Waals surface area contributed by atoms with E-state index in [1.165, 1.54) is 68.6 Å². The Kier molecular flexibility index (Phi) is 10.2. The lowest BCUT2D eigenvalue weighted by Crippen LogP contribution is -2.47. The van der Waals surface area contributed by atoms with Crippen LogP contribution in [0.4, 0.5) is 0 Å². The second-order valence-electron chi connectivity index (χ2n) is 16.4. The van der Waals surface area contributed by atoms with E-state index in [0.29, 0.717) is 67.5 Å². The molecule has 0 amide bonds. The number of ether oxygens (including phenoxy) is 5. The molecule has 22 nitrogen and oxygen atoms in total. The first kappa shape index (κ1) is 42.6. The van der Waals surface area contributed by atoms with Gasteiger partial charge in [0, 0.05) is 76.3 Å². The zero-order valence-electron chi connectivity index (χ0n) is 37.2. The Morgan fingerprint density at radius 2 is 1.19 bits per heavy atom. The summed E-state index contributed by atoms with van der Waals surface area (Å²) in [5.74, 6) is 2.13. The van der Waals surface area contributed by atoms with Crippen molar-refractivity contribution in [2.75, 3.05) is 28.4 Å². The summed E-state index contributed by atoms with van der Waals surface area (Å²) < 4.78 is 37.7. The molecule has 0 saturated heterocycles. The van der Waals surface area contributed by atoms with Gasteiger partial charge in [-0.05, 0) is 29.3 Å². The number of nitrogens with zero attached hydrogens (tertiary/aromatic N) is 10. The molecule has 7 aromatic rings. The number of phenolic OH excluding ortho intramolecular Hbond substituents is 1. The quantitative estimate of drug-likeness (QED) is 0.178. The highest BCUT2D eigenvalue weighted by molar-refractivity contribution is 5.80. The molecule has 0 fully saturated rings. The van der Waals surface area contributed by atoms with Crippen molar-refractivity contribution in [2.24, 2.45) is 14.1 Å². The number of benzene rings is 3. The number of hydrogen-bond acceptors (Lipinski definition) is 14. The van der Waals surface area contributed by atoms with Crippen LogP contribution in [0.2, 0.25) is 0 Å². The molecule has 346 valence electrons. The first-order chi connectivity index (χ1) is 32.3. The maximum Gasteiger partial charge on any atom is 0.348 e. The van der Waals surface area contributed by atoms with E-state index in [0.717, 1.165) is 9.13 Å². The lowest BCUT2D eigenvalue weighted by atomic mass is 9.87. The summed E-state index contributed by atoms with van der Waals surface area (Å²) in [4.78, 5) is 94.2. The monoisotopic (exact) mass is 916 g/mol. The summed E-state index contributed by atoms with van der Waals surface area (Å²) in [6, 6.07) is 9.31. The lowest BCUT2D eigenvalue weighted by molar-refractivity contribution is 0.240. The number of methoxy groups -OCH3 is 4. The second kappa shape index (κ2) is 16.0. The predicted molar refractivity (Wildman–Crippen MR) is 240 cm³/mol. The molecular formula is C45H44N10O12. The molecule has 0 bridgehead atoms. The van der Waals surface area contributed by atoms with Crippen molar-refractivity contribution in [3.63, 3.8) is 0 Å². The Morgan fingerprint density at radius 3 is 1.75 bits per heavy atom. The highest BCUT2D eigenvalue weighted by Gasteiger charge is 2.43. The number of aromatic nitrogens is 10. The Balaban J connectivity index is 1.03. The summed E-state index contributed by atoms with van der Waals surface area (Å²) >= 11 is 0. The van der Waals surface area contributed by atoms with Crippen LogP contribution in [-0.4, -0.2) is 80.5 Å². The number of rotatable bonds is 11. The molecule has 0 radical (unpaired) electrons. The predicted octanol–water partition coefficient (Wildman–Crippen LogP) is 0.911. The zero-order chi connectivity index (χ0) is 47.2. The van der Waals surface area contributed by atoms with E-state index in [9.17, 15) is 33.9 Å². The average molecular weight is 917 g/mol. The normalized spacial score (nSPS) is 16.1. The topological polar surface area (TPSA) is 234 Å². The maximum atomic E-state index is 14.7. The van der Waals surface area contributed by atoms with E-state index in [4.69, 9.17) is 23.7 Å². The van der Waals surface area contributed by atoms with Gasteiger partial charge >= 0.3 is 22.8 Å². The number of allylic oxidation sites excluding steroid dienone is 3. The fourth-order valence-corrected chi connectivity index (χ4v) is 9.53. The molecule has 2 unspecified atom stereocenters. The van der Waals surface area contributed by atoms with Gasteiger partial charge in [0.15, 0.2) is 23.0 Å².